The molecule has 0 amide bonds. The zero-order valence-corrected chi connectivity index (χ0v) is 11.8. The van der Waals surface area contributed by atoms with Crippen molar-refractivity contribution in [2.45, 2.75) is 33.4 Å². The number of hydrogen-bond acceptors (Lipinski definition) is 2. The molecule has 0 aliphatic rings. The van der Waals surface area contributed by atoms with Crippen LogP contribution in [0.4, 0.5) is 0 Å². The van der Waals surface area contributed by atoms with Crippen molar-refractivity contribution in [3.8, 4) is 0 Å². The summed E-state index contributed by atoms with van der Waals surface area (Å²) < 4.78 is 1.15. The van der Waals surface area contributed by atoms with E-state index in [1.54, 1.807) is 0 Å². The summed E-state index contributed by atoms with van der Waals surface area (Å²) in [5.74, 6) is 0. The van der Waals surface area contributed by atoms with Crippen molar-refractivity contribution in [2.75, 3.05) is 13.2 Å². The molecule has 2 nitrogen and oxygen atoms in total. The smallest absolute Gasteiger partial charge is 0.0558 e. The molecule has 1 aromatic carbocycles. The Morgan fingerprint density at radius 3 is 2.56 bits per heavy atom. The summed E-state index contributed by atoms with van der Waals surface area (Å²) in [6.45, 7) is 8.21. The summed E-state index contributed by atoms with van der Waals surface area (Å²) in [7, 11) is 0. The number of nitrogens with zero attached hydrogens (tertiary/aromatic N) is 1. The molecule has 0 bridgehead atoms. The van der Waals surface area contributed by atoms with Gasteiger partial charge in [0.2, 0.25) is 0 Å². The van der Waals surface area contributed by atoms with E-state index in [0.717, 1.165) is 17.6 Å². The Bertz CT molecular complexity index is 339. The van der Waals surface area contributed by atoms with Crippen molar-refractivity contribution in [3.63, 3.8) is 0 Å². The fourth-order valence-electron chi connectivity index (χ4n) is 1.62. The minimum Gasteiger partial charge on any atom is -0.395 e. The van der Waals surface area contributed by atoms with Crippen molar-refractivity contribution in [1.29, 1.82) is 0 Å². The first-order valence-electron chi connectivity index (χ1n) is 5.64. The van der Waals surface area contributed by atoms with Crippen LogP contribution in [-0.4, -0.2) is 29.2 Å². The molecule has 0 aromatic heterocycles. The van der Waals surface area contributed by atoms with Gasteiger partial charge in [0, 0.05) is 23.6 Å². The molecule has 1 aromatic rings. The molecule has 0 atom stereocenters. The van der Waals surface area contributed by atoms with Gasteiger partial charge in [0.1, 0.15) is 0 Å². The maximum absolute atomic E-state index is 9.01. The van der Waals surface area contributed by atoms with Crippen LogP contribution in [0.25, 0.3) is 0 Å². The fourth-order valence-corrected chi connectivity index (χ4v) is 2.04. The molecule has 0 heterocycles. The van der Waals surface area contributed by atoms with Gasteiger partial charge in [-0.15, -0.1) is 0 Å². The molecule has 0 unspecified atom stereocenters. The van der Waals surface area contributed by atoms with E-state index in [9.17, 15) is 0 Å². The van der Waals surface area contributed by atoms with E-state index in [1.807, 2.05) is 0 Å². The van der Waals surface area contributed by atoms with Crippen molar-refractivity contribution >= 4 is 15.9 Å². The van der Waals surface area contributed by atoms with E-state index in [-0.39, 0.29) is 6.61 Å². The topological polar surface area (TPSA) is 23.5 Å². The van der Waals surface area contributed by atoms with Gasteiger partial charge in [-0.25, -0.2) is 0 Å². The molecule has 0 aliphatic carbocycles. The zero-order chi connectivity index (χ0) is 12.1. The lowest BCUT2D eigenvalue weighted by molar-refractivity contribution is 0.159. The van der Waals surface area contributed by atoms with Crippen LogP contribution in [0.15, 0.2) is 22.7 Å². The number of aryl methyl sites for hydroxylation is 1. The molecule has 3 heteroatoms. The van der Waals surface area contributed by atoms with Gasteiger partial charge in [-0.05, 0) is 38.0 Å². The van der Waals surface area contributed by atoms with E-state index in [2.05, 4.69) is 59.8 Å². The van der Waals surface area contributed by atoms with Crippen LogP contribution < -0.4 is 0 Å². The summed E-state index contributed by atoms with van der Waals surface area (Å²) >= 11 is 3.54. The molecular weight excluding hydrogens is 266 g/mol. The highest BCUT2D eigenvalue weighted by atomic mass is 79.9. The van der Waals surface area contributed by atoms with Gasteiger partial charge >= 0.3 is 0 Å². The Morgan fingerprint density at radius 2 is 2.06 bits per heavy atom. The van der Waals surface area contributed by atoms with Gasteiger partial charge in [-0.3, -0.25) is 4.90 Å². The highest BCUT2D eigenvalue weighted by Gasteiger charge is 2.09. The quantitative estimate of drug-likeness (QED) is 0.899. The summed E-state index contributed by atoms with van der Waals surface area (Å²) in [5.41, 5.74) is 2.53. The number of aliphatic hydroxyl groups is 1. The highest BCUT2D eigenvalue weighted by molar-refractivity contribution is 9.10. The van der Waals surface area contributed by atoms with Crippen molar-refractivity contribution in [2.24, 2.45) is 0 Å². The number of rotatable bonds is 5. The van der Waals surface area contributed by atoms with Gasteiger partial charge in [-0.1, -0.05) is 28.1 Å². The molecule has 0 fully saturated rings. The summed E-state index contributed by atoms with van der Waals surface area (Å²) in [4.78, 5) is 2.26. The molecule has 0 saturated heterocycles. The lowest BCUT2D eigenvalue weighted by Gasteiger charge is -2.25. The van der Waals surface area contributed by atoms with Crippen LogP contribution in [0.1, 0.15) is 25.0 Å². The molecule has 16 heavy (non-hydrogen) atoms. The molecule has 0 radical (unpaired) electrons. The molecule has 0 aliphatic heterocycles. The average molecular weight is 286 g/mol. The Balaban J connectivity index is 2.73. The van der Waals surface area contributed by atoms with E-state index < -0.39 is 0 Å². The monoisotopic (exact) mass is 285 g/mol. The number of benzene rings is 1. The largest absolute Gasteiger partial charge is 0.395 e. The van der Waals surface area contributed by atoms with Gasteiger partial charge in [-0.2, -0.15) is 0 Å². The first-order chi connectivity index (χ1) is 7.54. The number of aliphatic hydroxyl groups excluding tert-OH is 1. The second kappa shape index (κ2) is 6.38. The van der Waals surface area contributed by atoms with Gasteiger partial charge in [0.15, 0.2) is 0 Å². The minimum absolute atomic E-state index is 0.214. The zero-order valence-electron chi connectivity index (χ0n) is 10.2. The average Bonchev–Trinajstić information content (AvgIpc) is 2.22. The standard InChI is InChI=1S/C13H20BrNO/c1-10(2)15(6-7-16)9-12-5-4-11(3)13(14)8-12/h4-5,8,10,16H,6-7,9H2,1-3H3. The summed E-state index contributed by atoms with van der Waals surface area (Å²) in [6, 6.07) is 6.87. The third-order valence-corrected chi connectivity index (χ3v) is 3.59. The molecule has 0 spiro atoms. The van der Waals surface area contributed by atoms with Crippen LogP contribution in [0.5, 0.6) is 0 Å². The molecule has 90 valence electrons. The molecular formula is C13H20BrNO. The Kier molecular flexibility index (Phi) is 5.46. The third kappa shape index (κ3) is 3.89. The van der Waals surface area contributed by atoms with Crippen LogP contribution in [0.2, 0.25) is 0 Å². The Labute approximate surface area is 106 Å². The van der Waals surface area contributed by atoms with Crippen LogP contribution >= 0.6 is 15.9 Å². The number of hydrogen-bond donors (Lipinski definition) is 1. The maximum atomic E-state index is 9.01. The third-order valence-electron chi connectivity index (χ3n) is 2.74. The Morgan fingerprint density at radius 1 is 1.38 bits per heavy atom. The van der Waals surface area contributed by atoms with E-state index in [4.69, 9.17) is 5.11 Å². The summed E-state index contributed by atoms with van der Waals surface area (Å²) in [5, 5.41) is 9.01. The predicted octanol–water partition coefficient (Wildman–Crippen LogP) is 2.96. The number of halogens is 1. The Hall–Kier alpha value is -0.380. The van der Waals surface area contributed by atoms with E-state index in [0.29, 0.717) is 6.04 Å². The van der Waals surface area contributed by atoms with Crippen molar-refractivity contribution in [1.82, 2.24) is 4.90 Å². The lowest BCUT2D eigenvalue weighted by Crippen LogP contribution is -2.32. The van der Waals surface area contributed by atoms with E-state index >= 15 is 0 Å². The van der Waals surface area contributed by atoms with Crippen LogP contribution in [-0.2, 0) is 6.54 Å². The second-order valence-electron chi connectivity index (χ2n) is 4.37. The normalized spacial score (nSPS) is 11.4. The first-order valence-corrected chi connectivity index (χ1v) is 6.44. The van der Waals surface area contributed by atoms with E-state index in [1.165, 1.54) is 11.1 Å². The SMILES string of the molecule is Cc1ccc(CN(CCO)C(C)C)cc1Br. The second-order valence-corrected chi connectivity index (χ2v) is 5.23. The minimum atomic E-state index is 0.214. The van der Waals surface area contributed by atoms with Crippen LogP contribution in [0.3, 0.4) is 0 Å². The summed E-state index contributed by atoms with van der Waals surface area (Å²) in [6.07, 6.45) is 0. The lowest BCUT2D eigenvalue weighted by atomic mass is 10.1. The highest BCUT2D eigenvalue weighted by Crippen LogP contribution is 2.19. The van der Waals surface area contributed by atoms with Crippen molar-refractivity contribution in [3.05, 3.63) is 33.8 Å². The van der Waals surface area contributed by atoms with Gasteiger partial charge in [0.05, 0.1) is 6.61 Å². The maximum Gasteiger partial charge on any atom is 0.0558 e. The first kappa shape index (κ1) is 13.7. The molecule has 1 rings (SSSR count). The predicted molar refractivity (Wildman–Crippen MR) is 71.5 cm³/mol. The molecule has 1 N–H and O–H groups in total. The van der Waals surface area contributed by atoms with Crippen LogP contribution in [0, 0.1) is 6.92 Å². The van der Waals surface area contributed by atoms with Gasteiger partial charge in [0.25, 0.3) is 0 Å². The van der Waals surface area contributed by atoms with Crippen molar-refractivity contribution < 1.29 is 5.11 Å². The van der Waals surface area contributed by atoms with Gasteiger partial charge < -0.3 is 5.11 Å². The molecule has 0 saturated carbocycles. The fraction of sp³-hybridized carbons (Fsp3) is 0.538.